The van der Waals surface area contributed by atoms with Gasteiger partial charge in [0, 0.05) is 13.2 Å². The molecule has 0 saturated heterocycles. The fourth-order valence-electron chi connectivity index (χ4n) is 1.55. The first-order valence-corrected chi connectivity index (χ1v) is 5.26. The van der Waals surface area contributed by atoms with Gasteiger partial charge in [-0.1, -0.05) is 30.3 Å². The van der Waals surface area contributed by atoms with Crippen molar-refractivity contribution in [3.8, 4) is 0 Å². The smallest absolute Gasteiger partial charge is 0.250 e. The minimum absolute atomic E-state index is 0.0681. The zero-order valence-electron chi connectivity index (χ0n) is 9.33. The summed E-state index contributed by atoms with van der Waals surface area (Å²) >= 11 is 0. The van der Waals surface area contributed by atoms with Gasteiger partial charge in [0.15, 0.2) is 0 Å². The number of benzene rings is 1. The molecule has 0 radical (unpaired) electrons. The highest BCUT2D eigenvalue weighted by atomic mass is 19.3. The van der Waals surface area contributed by atoms with Crippen molar-refractivity contribution in [3.05, 3.63) is 35.9 Å². The predicted molar refractivity (Wildman–Crippen MR) is 59.8 cm³/mol. The summed E-state index contributed by atoms with van der Waals surface area (Å²) in [6.45, 7) is 0.141. The molecule has 2 nitrogen and oxygen atoms in total. The third kappa shape index (κ3) is 5.19. The Bertz CT molecular complexity index is 280. The van der Waals surface area contributed by atoms with Crippen LogP contribution >= 0.6 is 0 Å². The average molecular weight is 229 g/mol. The van der Waals surface area contributed by atoms with Crippen LogP contribution in [0.5, 0.6) is 0 Å². The maximum absolute atomic E-state index is 12.1. The second kappa shape index (κ2) is 7.30. The van der Waals surface area contributed by atoms with Gasteiger partial charge in [0.1, 0.15) is 0 Å². The highest BCUT2D eigenvalue weighted by Gasteiger charge is 2.11. The minimum Gasteiger partial charge on any atom is -0.383 e. The maximum Gasteiger partial charge on any atom is 0.250 e. The van der Waals surface area contributed by atoms with Crippen molar-refractivity contribution in [2.45, 2.75) is 18.9 Å². The molecule has 0 aliphatic heterocycles. The third-order valence-corrected chi connectivity index (χ3v) is 2.25. The first kappa shape index (κ1) is 13.1. The van der Waals surface area contributed by atoms with E-state index >= 15 is 0 Å². The van der Waals surface area contributed by atoms with Gasteiger partial charge in [-0.25, -0.2) is 8.78 Å². The molecule has 0 aliphatic carbocycles. The van der Waals surface area contributed by atoms with E-state index in [1.807, 2.05) is 30.3 Å². The number of methoxy groups -OCH3 is 1. The van der Waals surface area contributed by atoms with Crippen LogP contribution in [0.15, 0.2) is 30.3 Å². The molecule has 0 saturated carbocycles. The minimum atomic E-state index is -2.32. The van der Waals surface area contributed by atoms with E-state index in [2.05, 4.69) is 5.32 Å². The van der Waals surface area contributed by atoms with Crippen LogP contribution in [-0.4, -0.2) is 32.7 Å². The molecule has 0 heterocycles. The average Bonchev–Trinajstić information content (AvgIpc) is 2.27. The number of ether oxygens (including phenoxy) is 1. The lowest BCUT2D eigenvalue weighted by Crippen LogP contribution is -2.38. The van der Waals surface area contributed by atoms with E-state index in [-0.39, 0.29) is 12.6 Å². The predicted octanol–water partition coefficient (Wildman–Crippen LogP) is 2.10. The lowest BCUT2D eigenvalue weighted by molar-refractivity contribution is 0.122. The van der Waals surface area contributed by atoms with E-state index in [1.165, 1.54) is 0 Å². The van der Waals surface area contributed by atoms with E-state index < -0.39 is 6.43 Å². The van der Waals surface area contributed by atoms with Crippen LogP contribution < -0.4 is 5.32 Å². The van der Waals surface area contributed by atoms with Gasteiger partial charge in [-0.05, 0) is 12.0 Å². The van der Waals surface area contributed by atoms with Gasteiger partial charge in [0.2, 0.25) is 0 Å². The van der Waals surface area contributed by atoms with Gasteiger partial charge in [-0.15, -0.1) is 0 Å². The van der Waals surface area contributed by atoms with Crippen LogP contribution in [0, 0.1) is 0 Å². The number of halogens is 2. The van der Waals surface area contributed by atoms with Crippen molar-refractivity contribution in [1.82, 2.24) is 5.32 Å². The lowest BCUT2D eigenvalue weighted by atomic mass is 10.1. The summed E-state index contributed by atoms with van der Waals surface area (Å²) in [5, 5.41) is 2.79. The quantitative estimate of drug-likeness (QED) is 0.773. The van der Waals surface area contributed by atoms with Crippen LogP contribution in [0.25, 0.3) is 0 Å². The topological polar surface area (TPSA) is 21.3 Å². The Balaban J connectivity index is 2.44. The Kier molecular flexibility index (Phi) is 5.96. The SMILES string of the molecule is COCC(Cc1ccccc1)NCC(F)F. The summed E-state index contributed by atoms with van der Waals surface area (Å²) in [6.07, 6.45) is -1.63. The number of rotatable bonds is 7. The molecule has 4 heteroatoms. The zero-order valence-corrected chi connectivity index (χ0v) is 9.33. The zero-order chi connectivity index (χ0) is 11.8. The van der Waals surface area contributed by atoms with Crippen molar-refractivity contribution in [2.75, 3.05) is 20.3 Å². The molecule has 0 bridgehead atoms. The Labute approximate surface area is 94.6 Å². The molecular formula is C12H17F2NO. The Morgan fingerprint density at radius 2 is 1.94 bits per heavy atom. The molecule has 0 aromatic heterocycles. The molecule has 1 unspecified atom stereocenters. The van der Waals surface area contributed by atoms with Crippen LogP contribution in [0.1, 0.15) is 5.56 Å². The molecule has 90 valence electrons. The summed E-state index contributed by atoms with van der Waals surface area (Å²) in [4.78, 5) is 0. The Morgan fingerprint density at radius 1 is 1.25 bits per heavy atom. The fraction of sp³-hybridized carbons (Fsp3) is 0.500. The highest BCUT2D eigenvalue weighted by Crippen LogP contribution is 2.04. The monoisotopic (exact) mass is 229 g/mol. The summed E-state index contributed by atoms with van der Waals surface area (Å²) in [7, 11) is 1.57. The molecule has 16 heavy (non-hydrogen) atoms. The van der Waals surface area contributed by atoms with Crippen molar-refractivity contribution < 1.29 is 13.5 Å². The molecule has 1 N–H and O–H groups in total. The normalized spacial score (nSPS) is 13.0. The second-order valence-corrected chi connectivity index (χ2v) is 3.64. The molecule has 1 rings (SSSR count). The first-order chi connectivity index (χ1) is 7.72. The second-order valence-electron chi connectivity index (χ2n) is 3.64. The van der Waals surface area contributed by atoms with E-state index in [0.717, 1.165) is 5.56 Å². The van der Waals surface area contributed by atoms with Gasteiger partial charge < -0.3 is 10.1 Å². The van der Waals surface area contributed by atoms with Crippen molar-refractivity contribution in [3.63, 3.8) is 0 Å². The highest BCUT2D eigenvalue weighted by molar-refractivity contribution is 5.15. The van der Waals surface area contributed by atoms with E-state index in [0.29, 0.717) is 13.0 Å². The van der Waals surface area contributed by atoms with E-state index in [9.17, 15) is 8.78 Å². The molecule has 1 aromatic carbocycles. The van der Waals surface area contributed by atoms with Gasteiger partial charge in [0.05, 0.1) is 13.2 Å². The largest absolute Gasteiger partial charge is 0.383 e. The molecule has 0 aliphatic rings. The van der Waals surface area contributed by atoms with Gasteiger partial charge in [-0.3, -0.25) is 0 Å². The molecular weight excluding hydrogens is 212 g/mol. The first-order valence-electron chi connectivity index (χ1n) is 5.26. The number of alkyl halides is 2. The van der Waals surface area contributed by atoms with Crippen LogP contribution in [0.4, 0.5) is 8.78 Å². The fourth-order valence-corrected chi connectivity index (χ4v) is 1.55. The number of nitrogens with one attached hydrogen (secondary N) is 1. The third-order valence-electron chi connectivity index (χ3n) is 2.25. The molecule has 0 spiro atoms. The van der Waals surface area contributed by atoms with Crippen molar-refractivity contribution in [1.29, 1.82) is 0 Å². The maximum atomic E-state index is 12.1. The summed E-state index contributed by atoms with van der Waals surface area (Å²) in [6, 6.07) is 9.70. The molecule has 1 atom stereocenters. The van der Waals surface area contributed by atoms with Gasteiger partial charge in [0.25, 0.3) is 6.43 Å². The molecule has 0 amide bonds. The van der Waals surface area contributed by atoms with Crippen LogP contribution in [-0.2, 0) is 11.2 Å². The van der Waals surface area contributed by atoms with Crippen molar-refractivity contribution >= 4 is 0 Å². The molecule has 0 fully saturated rings. The Hall–Kier alpha value is -1.00. The van der Waals surface area contributed by atoms with Crippen molar-refractivity contribution in [2.24, 2.45) is 0 Å². The Morgan fingerprint density at radius 3 is 2.50 bits per heavy atom. The van der Waals surface area contributed by atoms with Gasteiger partial charge >= 0.3 is 0 Å². The van der Waals surface area contributed by atoms with E-state index in [1.54, 1.807) is 7.11 Å². The summed E-state index contributed by atoms with van der Waals surface area (Å²) in [5.41, 5.74) is 1.12. The molecule has 1 aromatic rings. The standard InChI is InChI=1S/C12H17F2NO/c1-16-9-11(15-8-12(13)14)7-10-5-3-2-4-6-10/h2-6,11-12,15H,7-9H2,1H3. The number of hydrogen-bond acceptors (Lipinski definition) is 2. The van der Waals surface area contributed by atoms with Crippen LogP contribution in [0.3, 0.4) is 0 Å². The summed E-state index contributed by atoms with van der Waals surface area (Å²) < 4.78 is 29.1. The van der Waals surface area contributed by atoms with Gasteiger partial charge in [-0.2, -0.15) is 0 Å². The number of hydrogen-bond donors (Lipinski definition) is 1. The van der Waals surface area contributed by atoms with E-state index in [4.69, 9.17) is 4.74 Å². The lowest BCUT2D eigenvalue weighted by Gasteiger charge is -2.17. The van der Waals surface area contributed by atoms with Crippen LogP contribution in [0.2, 0.25) is 0 Å². The summed E-state index contributed by atoms with van der Waals surface area (Å²) in [5.74, 6) is 0.